The summed E-state index contributed by atoms with van der Waals surface area (Å²) in [6, 6.07) is 4.00. The summed E-state index contributed by atoms with van der Waals surface area (Å²) < 4.78 is 23.9. The van der Waals surface area contributed by atoms with Crippen LogP contribution in [0.2, 0.25) is 0 Å². The molecule has 0 aromatic carbocycles. The molecule has 1 heterocycles. The molecule has 3 unspecified atom stereocenters. The minimum Gasteiger partial charge on any atom is -0.312 e. The fraction of sp³-hybridized carbons (Fsp3) is 0.667. The van der Waals surface area contributed by atoms with Gasteiger partial charge in [-0.15, -0.1) is 0 Å². The fourth-order valence-electron chi connectivity index (χ4n) is 3.01. The number of sulfone groups is 1. The van der Waals surface area contributed by atoms with Crippen LogP contribution in [-0.4, -0.2) is 37.5 Å². The number of pyridine rings is 1. The minimum absolute atomic E-state index is 0.0545. The molecule has 0 saturated heterocycles. The maximum Gasteiger partial charge on any atom is 0.151 e. The van der Waals surface area contributed by atoms with Crippen molar-refractivity contribution in [3.8, 4) is 0 Å². The van der Waals surface area contributed by atoms with Gasteiger partial charge in [0.15, 0.2) is 9.84 Å². The maximum atomic E-state index is 11.9. The molecule has 1 aliphatic carbocycles. The van der Waals surface area contributed by atoms with Gasteiger partial charge in [0.1, 0.15) is 0 Å². The smallest absolute Gasteiger partial charge is 0.151 e. The number of rotatable bonds is 6. The molecular weight excluding hydrogens is 272 g/mol. The average molecular weight is 296 g/mol. The van der Waals surface area contributed by atoms with Gasteiger partial charge in [0.05, 0.1) is 5.25 Å². The normalized spacial score (nSPS) is 21.4. The van der Waals surface area contributed by atoms with Crippen molar-refractivity contribution in [2.75, 3.05) is 12.8 Å². The van der Waals surface area contributed by atoms with Crippen LogP contribution in [0.25, 0.3) is 0 Å². The Balaban J connectivity index is 2.29. The quantitative estimate of drug-likeness (QED) is 0.871. The molecule has 0 spiro atoms. The predicted octanol–water partition coefficient (Wildman–Crippen LogP) is 1.91. The highest BCUT2D eigenvalue weighted by Gasteiger charge is 2.37. The maximum absolute atomic E-state index is 11.9. The van der Waals surface area contributed by atoms with E-state index >= 15 is 0 Å². The Morgan fingerprint density at radius 2 is 2.25 bits per heavy atom. The summed E-state index contributed by atoms with van der Waals surface area (Å²) in [5.41, 5.74) is 2.35. The molecule has 0 bridgehead atoms. The van der Waals surface area contributed by atoms with E-state index in [-0.39, 0.29) is 12.0 Å². The van der Waals surface area contributed by atoms with Crippen LogP contribution >= 0.6 is 0 Å². The highest BCUT2D eigenvalue weighted by Crippen LogP contribution is 2.35. The Bertz CT molecular complexity index is 557. The van der Waals surface area contributed by atoms with Gasteiger partial charge >= 0.3 is 0 Å². The number of nitrogens with one attached hydrogen (secondary N) is 1. The van der Waals surface area contributed by atoms with E-state index in [0.717, 1.165) is 31.5 Å². The number of nitrogens with zero attached hydrogens (tertiary/aromatic N) is 1. The first-order chi connectivity index (χ1) is 9.45. The van der Waals surface area contributed by atoms with E-state index in [1.165, 1.54) is 11.8 Å². The van der Waals surface area contributed by atoms with E-state index < -0.39 is 15.1 Å². The van der Waals surface area contributed by atoms with Gasteiger partial charge in [0, 0.05) is 30.1 Å². The number of fused-ring (bicyclic) bond motifs is 1. The SMILES string of the molecule is CCCNC(C1CCc2cccnc21)C(C)S(C)(=O)=O. The van der Waals surface area contributed by atoms with Crippen LogP contribution in [0.4, 0.5) is 0 Å². The number of hydrogen-bond acceptors (Lipinski definition) is 4. The predicted molar refractivity (Wildman–Crippen MR) is 81.7 cm³/mol. The third kappa shape index (κ3) is 3.20. The molecule has 1 aromatic rings. The van der Waals surface area contributed by atoms with Crippen molar-refractivity contribution in [3.05, 3.63) is 29.6 Å². The van der Waals surface area contributed by atoms with Gasteiger partial charge in [-0.2, -0.15) is 0 Å². The van der Waals surface area contributed by atoms with E-state index in [0.29, 0.717) is 0 Å². The van der Waals surface area contributed by atoms with Crippen molar-refractivity contribution < 1.29 is 8.42 Å². The lowest BCUT2D eigenvalue weighted by Gasteiger charge is -2.29. The topological polar surface area (TPSA) is 59.1 Å². The van der Waals surface area contributed by atoms with Gasteiger partial charge in [0.25, 0.3) is 0 Å². The number of aryl methyl sites for hydroxylation is 1. The van der Waals surface area contributed by atoms with Crippen molar-refractivity contribution in [3.63, 3.8) is 0 Å². The molecule has 0 radical (unpaired) electrons. The molecule has 1 aromatic heterocycles. The molecule has 2 rings (SSSR count). The summed E-state index contributed by atoms with van der Waals surface area (Å²) >= 11 is 0. The Kier molecular flexibility index (Phi) is 4.81. The van der Waals surface area contributed by atoms with E-state index in [4.69, 9.17) is 0 Å². The van der Waals surface area contributed by atoms with Crippen LogP contribution in [-0.2, 0) is 16.3 Å². The second kappa shape index (κ2) is 6.22. The van der Waals surface area contributed by atoms with Crippen LogP contribution in [0, 0.1) is 0 Å². The van der Waals surface area contributed by atoms with Crippen molar-refractivity contribution in [1.29, 1.82) is 0 Å². The van der Waals surface area contributed by atoms with Gasteiger partial charge in [-0.3, -0.25) is 4.98 Å². The zero-order valence-electron chi connectivity index (χ0n) is 12.5. The molecule has 1 aliphatic rings. The largest absolute Gasteiger partial charge is 0.312 e. The summed E-state index contributed by atoms with van der Waals surface area (Å²) in [6.07, 6.45) is 6.10. The van der Waals surface area contributed by atoms with E-state index in [9.17, 15) is 8.42 Å². The monoisotopic (exact) mass is 296 g/mol. The minimum atomic E-state index is -3.06. The lowest BCUT2D eigenvalue weighted by molar-refractivity contribution is 0.410. The number of hydrogen-bond donors (Lipinski definition) is 1. The van der Waals surface area contributed by atoms with Gasteiger partial charge < -0.3 is 5.32 Å². The molecule has 0 saturated carbocycles. The third-order valence-electron chi connectivity index (χ3n) is 4.25. The molecule has 5 heteroatoms. The summed E-state index contributed by atoms with van der Waals surface area (Å²) in [5.74, 6) is 0.197. The van der Waals surface area contributed by atoms with Gasteiger partial charge in [-0.25, -0.2) is 8.42 Å². The molecule has 4 nitrogen and oxygen atoms in total. The van der Waals surface area contributed by atoms with Crippen LogP contribution in [0.5, 0.6) is 0 Å². The lowest BCUT2D eigenvalue weighted by Crippen LogP contribution is -2.46. The number of aromatic nitrogens is 1. The Morgan fingerprint density at radius 1 is 1.50 bits per heavy atom. The lowest BCUT2D eigenvalue weighted by atomic mass is 9.94. The van der Waals surface area contributed by atoms with Crippen molar-refractivity contribution in [1.82, 2.24) is 10.3 Å². The highest BCUT2D eigenvalue weighted by molar-refractivity contribution is 7.91. The first-order valence-electron chi connectivity index (χ1n) is 7.31. The molecule has 3 atom stereocenters. The molecule has 1 N–H and O–H groups in total. The van der Waals surface area contributed by atoms with E-state index in [2.05, 4.69) is 23.3 Å². The van der Waals surface area contributed by atoms with E-state index in [1.807, 2.05) is 13.0 Å². The first-order valence-corrected chi connectivity index (χ1v) is 9.26. The van der Waals surface area contributed by atoms with Crippen LogP contribution in [0.1, 0.15) is 43.9 Å². The second-order valence-electron chi connectivity index (χ2n) is 5.71. The van der Waals surface area contributed by atoms with Crippen molar-refractivity contribution >= 4 is 9.84 Å². The molecule has 0 fully saturated rings. The Hall–Kier alpha value is -0.940. The highest BCUT2D eigenvalue weighted by atomic mass is 32.2. The summed E-state index contributed by atoms with van der Waals surface area (Å²) in [5, 5.41) is 3.04. The zero-order chi connectivity index (χ0) is 14.8. The van der Waals surface area contributed by atoms with Crippen LogP contribution in [0.3, 0.4) is 0 Å². The van der Waals surface area contributed by atoms with Gasteiger partial charge in [-0.05, 0) is 44.4 Å². The van der Waals surface area contributed by atoms with Crippen LogP contribution < -0.4 is 5.32 Å². The Labute approximate surface area is 121 Å². The van der Waals surface area contributed by atoms with Crippen LogP contribution in [0.15, 0.2) is 18.3 Å². The molecule has 0 amide bonds. The molecule has 112 valence electrons. The Morgan fingerprint density at radius 3 is 2.90 bits per heavy atom. The standard InChI is InChI=1S/C15H24N2O2S/c1-4-9-16-14(11(2)20(3,18)19)13-8-7-12-6-5-10-17-15(12)13/h5-6,10-11,13-14,16H,4,7-9H2,1-3H3. The molecule has 20 heavy (non-hydrogen) atoms. The molecule has 0 aliphatic heterocycles. The molecular formula is C15H24N2O2S. The van der Waals surface area contributed by atoms with Gasteiger partial charge in [0.2, 0.25) is 0 Å². The summed E-state index contributed by atoms with van der Waals surface area (Å²) in [7, 11) is -3.06. The summed E-state index contributed by atoms with van der Waals surface area (Å²) in [4.78, 5) is 4.50. The zero-order valence-corrected chi connectivity index (χ0v) is 13.3. The fourth-order valence-corrected chi connectivity index (χ4v) is 3.82. The first kappa shape index (κ1) is 15.4. The van der Waals surface area contributed by atoms with E-state index in [1.54, 1.807) is 6.20 Å². The average Bonchev–Trinajstić information content (AvgIpc) is 2.82. The summed E-state index contributed by atoms with van der Waals surface area (Å²) in [6.45, 7) is 4.74. The van der Waals surface area contributed by atoms with Crippen molar-refractivity contribution in [2.24, 2.45) is 0 Å². The third-order valence-corrected chi connectivity index (χ3v) is 5.89. The van der Waals surface area contributed by atoms with Gasteiger partial charge in [-0.1, -0.05) is 13.0 Å². The second-order valence-corrected chi connectivity index (χ2v) is 8.11. The van der Waals surface area contributed by atoms with Crippen molar-refractivity contribution in [2.45, 2.75) is 50.3 Å².